The number of carbonyl (C=O) groups excluding carboxylic acids is 1. The fraction of sp³-hybridized carbons (Fsp3) is 0.857. The first kappa shape index (κ1) is 15.8. The normalized spacial score (nSPS) is 18.7. The molecule has 0 aliphatic heterocycles. The van der Waals surface area contributed by atoms with Crippen LogP contribution in [-0.2, 0) is 4.79 Å². The largest absolute Gasteiger partial charge is 0.480 e. The first-order valence-corrected chi connectivity index (χ1v) is 7.17. The first-order valence-electron chi connectivity index (χ1n) is 7.17. The minimum atomic E-state index is -0.934. The molecule has 2 amide bonds. The minimum Gasteiger partial charge on any atom is -0.480 e. The van der Waals surface area contributed by atoms with Crippen LogP contribution in [-0.4, -0.2) is 28.7 Å². The van der Waals surface area contributed by atoms with E-state index in [9.17, 15) is 14.7 Å². The highest BCUT2D eigenvalue weighted by Gasteiger charge is 2.31. The molecule has 1 saturated carbocycles. The van der Waals surface area contributed by atoms with Gasteiger partial charge >= 0.3 is 12.0 Å². The smallest absolute Gasteiger partial charge is 0.326 e. The van der Waals surface area contributed by atoms with Crippen LogP contribution in [0.3, 0.4) is 0 Å². The zero-order valence-electron chi connectivity index (χ0n) is 12.2. The molecule has 1 fully saturated rings. The lowest BCUT2D eigenvalue weighted by Crippen LogP contribution is -2.54. The molecule has 0 spiro atoms. The first-order chi connectivity index (χ1) is 8.85. The van der Waals surface area contributed by atoms with E-state index < -0.39 is 12.0 Å². The maximum Gasteiger partial charge on any atom is 0.326 e. The molecule has 5 nitrogen and oxygen atoms in total. The summed E-state index contributed by atoms with van der Waals surface area (Å²) in [6, 6.07) is -1.15. The monoisotopic (exact) mass is 270 g/mol. The average molecular weight is 270 g/mol. The Balaban J connectivity index is 2.58. The van der Waals surface area contributed by atoms with Gasteiger partial charge in [0, 0.05) is 5.54 Å². The van der Waals surface area contributed by atoms with Gasteiger partial charge in [-0.2, -0.15) is 0 Å². The Morgan fingerprint density at radius 1 is 1.26 bits per heavy atom. The van der Waals surface area contributed by atoms with Crippen LogP contribution in [0.5, 0.6) is 0 Å². The van der Waals surface area contributed by atoms with Gasteiger partial charge in [-0.3, -0.25) is 0 Å². The van der Waals surface area contributed by atoms with Crippen molar-refractivity contribution in [3.05, 3.63) is 0 Å². The molecule has 1 rings (SSSR count). The van der Waals surface area contributed by atoms with Crippen molar-refractivity contribution < 1.29 is 14.7 Å². The summed E-state index contributed by atoms with van der Waals surface area (Å²) in [5, 5.41) is 14.7. The summed E-state index contributed by atoms with van der Waals surface area (Å²) < 4.78 is 0. The van der Waals surface area contributed by atoms with Crippen LogP contribution >= 0.6 is 0 Å². The number of hydrogen-bond acceptors (Lipinski definition) is 2. The summed E-state index contributed by atoms with van der Waals surface area (Å²) in [6.07, 6.45) is 5.83. The van der Waals surface area contributed by atoms with Gasteiger partial charge in [0.2, 0.25) is 0 Å². The Morgan fingerprint density at radius 2 is 1.84 bits per heavy atom. The van der Waals surface area contributed by atoms with E-state index in [0.717, 1.165) is 38.5 Å². The standard InChI is InChI=1S/C14H26N2O3/c1-4-14(2,3)16-13(19)15-11(12(17)18)10-8-6-5-7-9-10/h10-11H,4-9H2,1-3H3,(H,17,18)(H2,15,16,19). The Kier molecular flexibility index (Phi) is 5.63. The summed E-state index contributed by atoms with van der Waals surface area (Å²) in [4.78, 5) is 23.2. The molecular weight excluding hydrogens is 244 g/mol. The Hall–Kier alpha value is -1.26. The zero-order chi connectivity index (χ0) is 14.5. The van der Waals surface area contributed by atoms with Crippen molar-refractivity contribution in [2.45, 2.75) is 70.9 Å². The second-order valence-corrected chi connectivity index (χ2v) is 6.05. The summed E-state index contributed by atoms with van der Waals surface area (Å²) in [7, 11) is 0. The van der Waals surface area contributed by atoms with Gasteiger partial charge in [-0.1, -0.05) is 26.2 Å². The predicted molar refractivity (Wildman–Crippen MR) is 74.0 cm³/mol. The van der Waals surface area contributed by atoms with Crippen LogP contribution in [0.1, 0.15) is 59.3 Å². The predicted octanol–water partition coefficient (Wildman–Crippen LogP) is 2.51. The molecule has 0 saturated heterocycles. The number of carboxylic acids is 1. The van der Waals surface area contributed by atoms with Crippen molar-refractivity contribution in [3.8, 4) is 0 Å². The van der Waals surface area contributed by atoms with E-state index in [1.165, 1.54) is 0 Å². The molecule has 1 aliphatic carbocycles. The van der Waals surface area contributed by atoms with Crippen molar-refractivity contribution in [1.82, 2.24) is 10.6 Å². The van der Waals surface area contributed by atoms with E-state index >= 15 is 0 Å². The Bertz CT molecular complexity index is 323. The van der Waals surface area contributed by atoms with Crippen molar-refractivity contribution in [3.63, 3.8) is 0 Å². The topological polar surface area (TPSA) is 78.4 Å². The van der Waals surface area contributed by atoms with Gasteiger partial charge in [0.05, 0.1) is 0 Å². The number of aliphatic carboxylic acids is 1. The maximum absolute atomic E-state index is 11.9. The van der Waals surface area contributed by atoms with E-state index in [2.05, 4.69) is 10.6 Å². The quantitative estimate of drug-likeness (QED) is 0.718. The lowest BCUT2D eigenvalue weighted by molar-refractivity contribution is -0.141. The molecule has 0 radical (unpaired) electrons. The van der Waals surface area contributed by atoms with Gasteiger partial charge in [0.25, 0.3) is 0 Å². The van der Waals surface area contributed by atoms with E-state index in [0.29, 0.717) is 0 Å². The molecule has 0 heterocycles. The van der Waals surface area contributed by atoms with Crippen molar-refractivity contribution >= 4 is 12.0 Å². The second-order valence-electron chi connectivity index (χ2n) is 6.05. The van der Waals surface area contributed by atoms with Crippen LogP contribution in [0.25, 0.3) is 0 Å². The zero-order valence-corrected chi connectivity index (χ0v) is 12.2. The molecule has 0 bridgehead atoms. The van der Waals surface area contributed by atoms with E-state index in [4.69, 9.17) is 0 Å². The molecule has 1 aliphatic rings. The lowest BCUT2D eigenvalue weighted by Gasteiger charge is -2.30. The number of urea groups is 1. The van der Waals surface area contributed by atoms with Gasteiger partial charge < -0.3 is 15.7 Å². The molecule has 1 unspecified atom stereocenters. The third kappa shape index (κ3) is 5.09. The minimum absolute atomic E-state index is 0.0572. The van der Waals surface area contributed by atoms with Crippen LogP contribution in [0.2, 0.25) is 0 Å². The molecule has 0 aromatic carbocycles. The number of rotatable bonds is 5. The SMILES string of the molecule is CCC(C)(C)NC(=O)NC(C(=O)O)C1CCCCC1. The lowest BCUT2D eigenvalue weighted by atomic mass is 9.84. The summed E-state index contributed by atoms with van der Waals surface area (Å²) in [5.74, 6) is -0.877. The van der Waals surface area contributed by atoms with E-state index in [1.54, 1.807) is 0 Å². The summed E-state index contributed by atoms with van der Waals surface area (Å²) in [6.45, 7) is 5.82. The van der Waals surface area contributed by atoms with Crippen LogP contribution in [0.4, 0.5) is 4.79 Å². The molecule has 0 aromatic heterocycles. The van der Waals surface area contributed by atoms with Crippen molar-refractivity contribution in [2.24, 2.45) is 5.92 Å². The van der Waals surface area contributed by atoms with Crippen molar-refractivity contribution in [2.75, 3.05) is 0 Å². The highest BCUT2D eigenvalue weighted by Crippen LogP contribution is 2.26. The Labute approximate surface area is 115 Å². The second kappa shape index (κ2) is 6.78. The average Bonchev–Trinajstić information content (AvgIpc) is 2.36. The van der Waals surface area contributed by atoms with Crippen LogP contribution in [0, 0.1) is 5.92 Å². The number of nitrogens with one attached hydrogen (secondary N) is 2. The fourth-order valence-electron chi connectivity index (χ4n) is 2.42. The number of hydrogen-bond donors (Lipinski definition) is 3. The summed E-state index contributed by atoms with van der Waals surface area (Å²) in [5.41, 5.74) is -0.320. The highest BCUT2D eigenvalue weighted by atomic mass is 16.4. The number of amides is 2. The third-order valence-electron chi connectivity index (χ3n) is 4.01. The molecule has 3 N–H and O–H groups in total. The maximum atomic E-state index is 11.9. The van der Waals surface area contributed by atoms with Gasteiger partial charge in [0.1, 0.15) is 6.04 Å². The van der Waals surface area contributed by atoms with Crippen molar-refractivity contribution in [1.29, 1.82) is 0 Å². The fourth-order valence-corrected chi connectivity index (χ4v) is 2.42. The van der Waals surface area contributed by atoms with Gasteiger partial charge in [-0.15, -0.1) is 0 Å². The number of carbonyl (C=O) groups is 2. The highest BCUT2D eigenvalue weighted by molar-refractivity contribution is 5.83. The molecule has 0 aromatic rings. The number of carboxylic acid groups (broad SMARTS) is 1. The molecule has 1 atom stereocenters. The van der Waals surface area contributed by atoms with E-state index in [1.807, 2.05) is 20.8 Å². The van der Waals surface area contributed by atoms with Gasteiger partial charge in [-0.25, -0.2) is 9.59 Å². The molecule has 5 heteroatoms. The van der Waals surface area contributed by atoms with Gasteiger partial charge in [-0.05, 0) is 39.0 Å². The molecular formula is C14H26N2O3. The van der Waals surface area contributed by atoms with Gasteiger partial charge in [0.15, 0.2) is 0 Å². The Morgan fingerprint density at radius 3 is 2.32 bits per heavy atom. The van der Waals surface area contributed by atoms with Crippen LogP contribution in [0.15, 0.2) is 0 Å². The molecule has 110 valence electrons. The summed E-state index contributed by atoms with van der Waals surface area (Å²) >= 11 is 0. The molecule has 19 heavy (non-hydrogen) atoms. The van der Waals surface area contributed by atoms with E-state index in [-0.39, 0.29) is 17.5 Å². The van der Waals surface area contributed by atoms with Crippen LogP contribution < -0.4 is 10.6 Å². The third-order valence-corrected chi connectivity index (χ3v) is 4.01.